The number of halogens is 3. The van der Waals surface area contributed by atoms with E-state index in [1.165, 1.54) is 0 Å². The summed E-state index contributed by atoms with van der Waals surface area (Å²) in [4.78, 5) is 0. The van der Waals surface area contributed by atoms with Gasteiger partial charge in [-0.05, 0) is 6.92 Å². The predicted octanol–water partition coefficient (Wildman–Crippen LogP) is 0.985. The van der Waals surface area contributed by atoms with E-state index in [0.717, 1.165) is 0 Å². The second-order valence-electron chi connectivity index (χ2n) is 2.24. The molecule has 1 atom stereocenters. The molecule has 0 radical (unpaired) electrons. The van der Waals surface area contributed by atoms with Crippen molar-refractivity contribution in [3.8, 4) is 0 Å². The third-order valence-corrected chi connectivity index (χ3v) is 1.33. The second-order valence-corrected chi connectivity index (χ2v) is 2.24. The van der Waals surface area contributed by atoms with Crippen LogP contribution in [0.5, 0.6) is 0 Å². The molecule has 7 heteroatoms. The fraction of sp³-hybridized carbons (Fsp3) is 1.00. The van der Waals surface area contributed by atoms with Crippen molar-refractivity contribution in [2.24, 2.45) is 0 Å². The molecule has 70 valence electrons. The molecular formula is C5H8BF3O3. The van der Waals surface area contributed by atoms with E-state index in [2.05, 4.69) is 14.0 Å². The topological polar surface area (TPSA) is 27.7 Å². The highest BCUT2D eigenvalue weighted by molar-refractivity contribution is 6.37. The largest absolute Gasteiger partial charge is 0.640 e. The Morgan fingerprint density at radius 1 is 1.58 bits per heavy atom. The van der Waals surface area contributed by atoms with Crippen LogP contribution in [0.15, 0.2) is 0 Å². The van der Waals surface area contributed by atoms with Gasteiger partial charge in [0.05, 0.1) is 6.61 Å². The Morgan fingerprint density at radius 3 is 2.67 bits per heavy atom. The Balaban J connectivity index is 2.35. The predicted molar refractivity (Wildman–Crippen MR) is 34.3 cm³/mol. The first-order valence-corrected chi connectivity index (χ1v) is 3.49. The van der Waals surface area contributed by atoms with Gasteiger partial charge < -0.3 is 14.0 Å². The molecule has 0 aromatic rings. The van der Waals surface area contributed by atoms with Gasteiger partial charge in [0.2, 0.25) is 0 Å². The number of hydrogen-bond acceptors (Lipinski definition) is 3. The Morgan fingerprint density at radius 2 is 2.25 bits per heavy atom. The molecule has 1 saturated heterocycles. The van der Waals surface area contributed by atoms with Crippen molar-refractivity contribution < 1.29 is 27.1 Å². The lowest BCUT2D eigenvalue weighted by Gasteiger charge is -2.12. The fourth-order valence-electron chi connectivity index (χ4n) is 0.774. The summed E-state index contributed by atoms with van der Waals surface area (Å²) >= 11 is 0. The Hall–Kier alpha value is -0.265. The maximum Gasteiger partial charge on any atom is 0.640 e. The van der Waals surface area contributed by atoms with E-state index in [0.29, 0.717) is 0 Å². The van der Waals surface area contributed by atoms with Crippen LogP contribution >= 0.6 is 0 Å². The van der Waals surface area contributed by atoms with Crippen LogP contribution in [-0.2, 0) is 14.0 Å². The summed E-state index contributed by atoms with van der Waals surface area (Å²) in [5.41, 5.74) is 0. The van der Waals surface area contributed by atoms with Crippen molar-refractivity contribution in [3.63, 3.8) is 0 Å². The lowest BCUT2D eigenvalue weighted by Crippen LogP contribution is -2.32. The van der Waals surface area contributed by atoms with Crippen molar-refractivity contribution in [2.45, 2.75) is 19.2 Å². The van der Waals surface area contributed by atoms with Gasteiger partial charge in [0.1, 0.15) is 0 Å². The van der Waals surface area contributed by atoms with E-state index < -0.39 is 26.2 Å². The molecule has 0 N–H and O–H groups in total. The zero-order chi connectivity index (χ0) is 9.19. The molecule has 0 aliphatic carbocycles. The summed E-state index contributed by atoms with van der Waals surface area (Å²) in [5, 5.41) is 0. The van der Waals surface area contributed by atoms with Gasteiger partial charge in [0.25, 0.3) is 0 Å². The maximum atomic E-state index is 11.9. The minimum absolute atomic E-state index is 0.259. The first-order valence-electron chi connectivity index (χ1n) is 3.49. The SMILES string of the molecule is CCOB1OCC(C(F)(F)F)O1. The lowest BCUT2D eigenvalue weighted by atomic mass is 10.2. The molecule has 0 amide bonds. The average Bonchev–Trinajstić information content (AvgIpc) is 2.35. The third kappa shape index (κ3) is 2.36. The zero-order valence-electron chi connectivity index (χ0n) is 6.43. The van der Waals surface area contributed by atoms with Crippen molar-refractivity contribution in [2.75, 3.05) is 13.2 Å². The highest BCUT2D eigenvalue weighted by atomic mass is 19.4. The second kappa shape index (κ2) is 3.63. The molecule has 1 heterocycles. The molecule has 0 aromatic heterocycles. The third-order valence-electron chi connectivity index (χ3n) is 1.33. The Bertz CT molecular complexity index is 151. The van der Waals surface area contributed by atoms with Gasteiger partial charge in [-0.2, -0.15) is 13.2 Å². The summed E-state index contributed by atoms with van der Waals surface area (Å²) in [6.07, 6.45) is -6.22. The molecule has 12 heavy (non-hydrogen) atoms. The Labute approximate surface area is 68.0 Å². The summed E-state index contributed by atoms with van der Waals surface area (Å²) in [6.45, 7) is 1.41. The standard InChI is InChI=1S/C5H8BF3O3/c1-2-10-6-11-3-4(12-6)5(7,8)9/h4H,2-3H2,1H3. The van der Waals surface area contributed by atoms with Gasteiger partial charge in [-0.3, -0.25) is 0 Å². The minimum atomic E-state index is -4.37. The van der Waals surface area contributed by atoms with Gasteiger partial charge in [-0.1, -0.05) is 0 Å². The molecule has 1 fully saturated rings. The van der Waals surface area contributed by atoms with Crippen molar-refractivity contribution in [1.82, 2.24) is 0 Å². The summed E-state index contributed by atoms with van der Waals surface area (Å²) in [5.74, 6) is 0. The molecule has 3 nitrogen and oxygen atoms in total. The van der Waals surface area contributed by atoms with Gasteiger partial charge in [-0.15, -0.1) is 0 Å². The molecule has 1 unspecified atom stereocenters. The number of alkyl halides is 3. The van der Waals surface area contributed by atoms with Crippen molar-refractivity contribution >= 4 is 7.32 Å². The van der Waals surface area contributed by atoms with E-state index in [1.54, 1.807) is 6.92 Å². The zero-order valence-corrected chi connectivity index (χ0v) is 6.43. The van der Waals surface area contributed by atoms with Gasteiger partial charge in [0, 0.05) is 6.61 Å². The summed E-state index contributed by atoms with van der Waals surface area (Å²) in [7, 11) is -1.17. The molecule has 0 aromatic carbocycles. The smallest absolute Gasteiger partial charge is 0.386 e. The van der Waals surface area contributed by atoms with E-state index in [4.69, 9.17) is 0 Å². The first-order chi connectivity index (χ1) is 5.54. The molecule has 1 rings (SSSR count). The number of rotatable bonds is 2. The van der Waals surface area contributed by atoms with Crippen LogP contribution < -0.4 is 0 Å². The molecule has 0 bridgehead atoms. The van der Waals surface area contributed by atoms with E-state index >= 15 is 0 Å². The van der Waals surface area contributed by atoms with Crippen molar-refractivity contribution in [1.29, 1.82) is 0 Å². The quantitative estimate of drug-likeness (QED) is 0.598. The molecular weight excluding hydrogens is 176 g/mol. The van der Waals surface area contributed by atoms with Crippen LogP contribution in [0.2, 0.25) is 0 Å². The monoisotopic (exact) mass is 184 g/mol. The average molecular weight is 184 g/mol. The van der Waals surface area contributed by atoms with Crippen LogP contribution in [0, 0.1) is 0 Å². The first kappa shape index (κ1) is 9.82. The highest BCUT2D eigenvalue weighted by Crippen LogP contribution is 2.27. The van der Waals surface area contributed by atoms with Crippen LogP contribution in [0.3, 0.4) is 0 Å². The Kier molecular flexibility index (Phi) is 2.97. The molecule has 1 aliphatic heterocycles. The van der Waals surface area contributed by atoms with Crippen LogP contribution in [-0.4, -0.2) is 32.8 Å². The van der Waals surface area contributed by atoms with E-state index in [-0.39, 0.29) is 6.61 Å². The fourth-order valence-corrected chi connectivity index (χ4v) is 0.774. The highest BCUT2D eigenvalue weighted by Gasteiger charge is 2.49. The van der Waals surface area contributed by atoms with Gasteiger partial charge in [-0.25, -0.2) is 0 Å². The van der Waals surface area contributed by atoms with Crippen molar-refractivity contribution in [3.05, 3.63) is 0 Å². The number of hydrogen-bond donors (Lipinski definition) is 0. The van der Waals surface area contributed by atoms with Crippen LogP contribution in [0.1, 0.15) is 6.92 Å². The van der Waals surface area contributed by atoms with Gasteiger partial charge in [0.15, 0.2) is 6.10 Å². The summed E-state index contributed by atoms with van der Waals surface area (Å²) < 4.78 is 49.4. The molecule has 0 saturated carbocycles. The molecule has 1 aliphatic rings. The van der Waals surface area contributed by atoms with E-state index in [1.807, 2.05) is 0 Å². The van der Waals surface area contributed by atoms with Crippen LogP contribution in [0.25, 0.3) is 0 Å². The normalized spacial score (nSPS) is 25.0. The maximum absolute atomic E-state index is 11.9. The van der Waals surface area contributed by atoms with E-state index in [9.17, 15) is 13.2 Å². The van der Waals surface area contributed by atoms with Crippen LogP contribution in [0.4, 0.5) is 13.2 Å². The minimum Gasteiger partial charge on any atom is -0.386 e. The summed E-state index contributed by atoms with van der Waals surface area (Å²) in [6, 6.07) is 0. The lowest BCUT2D eigenvalue weighted by molar-refractivity contribution is -0.191. The molecule has 0 spiro atoms. The van der Waals surface area contributed by atoms with Gasteiger partial charge >= 0.3 is 13.5 Å².